The molecule has 0 atom stereocenters. The van der Waals surface area contributed by atoms with E-state index in [0.29, 0.717) is 23.7 Å². The highest BCUT2D eigenvalue weighted by molar-refractivity contribution is 5.91. The van der Waals surface area contributed by atoms with Crippen LogP contribution < -0.4 is 0 Å². The minimum atomic E-state index is -0.459. The predicted octanol–water partition coefficient (Wildman–Crippen LogP) is 4.26. The molecule has 0 N–H and O–H groups in total. The van der Waals surface area contributed by atoms with Crippen LogP contribution in [-0.2, 0) is 17.9 Å². The molecule has 30 heavy (non-hydrogen) atoms. The lowest BCUT2D eigenvalue weighted by Gasteiger charge is -2.06. The highest BCUT2D eigenvalue weighted by atomic mass is 16.5. The number of hydrogen-bond acceptors (Lipinski definition) is 6. The van der Waals surface area contributed by atoms with Gasteiger partial charge in [0.25, 0.3) is 5.89 Å². The highest BCUT2D eigenvalue weighted by Gasteiger charge is 2.21. The second kappa shape index (κ2) is 8.32. The van der Waals surface area contributed by atoms with Gasteiger partial charge in [-0.1, -0.05) is 48.0 Å². The fourth-order valence-corrected chi connectivity index (χ4v) is 3.22. The minimum Gasteiger partial charge on any atom is -0.452 e. The van der Waals surface area contributed by atoms with Gasteiger partial charge in [-0.05, 0) is 38.5 Å². The molecule has 4 aromatic rings. The SMILES string of the molecule is Cc1ccc(Cn2nc(C)c(C(=O)OCc3nnc(-c4ccccc4)o3)c2C)cc1. The molecule has 7 heteroatoms. The summed E-state index contributed by atoms with van der Waals surface area (Å²) in [7, 11) is 0. The molecule has 0 radical (unpaired) electrons. The summed E-state index contributed by atoms with van der Waals surface area (Å²) in [6, 6.07) is 17.7. The maximum absolute atomic E-state index is 12.7. The Balaban J connectivity index is 1.44. The number of benzene rings is 2. The van der Waals surface area contributed by atoms with Crippen LogP contribution in [0, 0.1) is 20.8 Å². The number of carbonyl (C=O) groups is 1. The molecule has 152 valence electrons. The maximum Gasteiger partial charge on any atom is 0.342 e. The lowest BCUT2D eigenvalue weighted by atomic mass is 10.1. The van der Waals surface area contributed by atoms with E-state index in [-0.39, 0.29) is 12.5 Å². The van der Waals surface area contributed by atoms with Crippen LogP contribution >= 0.6 is 0 Å². The number of nitrogens with zero attached hydrogens (tertiary/aromatic N) is 4. The van der Waals surface area contributed by atoms with Crippen molar-refractivity contribution in [2.75, 3.05) is 0 Å². The Bertz CT molecular complexity index is 1160. The van der Waals surface area contributed by atoms with Crippen molar-refractivity contribution in [3.63, 3.8) is 0 Å². The van der Waals surface area contributed by atoms with Crippen molar-refractivity contribution in [1.29, 1.82) is 0 Å². The van der Waals surface area contributed by atoms with E-state index in [1.165, 1.54) is 5.56 Å². The average molecular weight is 402 g/mol. The van der Waals surface area contributed by atoms with E-state index in [0.717, 1.165) is 16.8 Å². The van der Waals surface area contributed by atoms with Gasteiger partial charge in [0.1, 0.15) is 5.56 Å². The van der Waals surface area contributed by atoms with Crippen molar-refractivity contribution in [3.05, 3.63) is 88.6 Å². The summed E-state index contributed by atoms with van der Waals surface area (Å²) in [5.41, 5.74) is 4.98. The van der Waals surface area contributed by atoms with Crippen LogP contribution in [0.5, 0.6) is 0 Å². The van der Waals surface area contributed by atoms with Gasteiger partial charge in [-0.3, -0.25) is 4.68 Å². The van der Waals surface area contributed by atoms with Crippen LogP contribution in [0.25, 0.3) is 11.5 Å². The second-order valence-electron chi connectivity index (χ2n) is 7.13. The number of carbonyl (C=O) groups excluding carboxylic acids is 1. The number of rotatable bonds is 6. The molecule has 4 rings (SSSR count). The van der Waals surface area contributed by atoms with Gasteiger partial charge in [-0.15, -0.1) is 10.2 Å². The van der Waals surface area contributed by atoms with Crippen molar-refractivity contribution >= 4 is 5.97 Å². The molecule has 0 amide bonds. The predicted molar refractivity (Wildman–Crippen MR) is 111 cm³/mol. The smallest absolute Gasteiger partial charge is 0.342 e. The number of aryl methyl sites for hydroxylation is 2. The van der Waals surface area contributed by atoms with Crippen molar-refractivity contribution in [2.45, 2.75) is 33.9 Å². The summed E-state index contributed by atoms with van der Waals surface area (Å²) in [6.07, 6.45) is 0. The van der Waals surface area contributed by atoms with Crippen molar-refractivity contribution in [1.82, 2.24) is 20.0 Å². The summed E-state index contributed by atoms with van der Waals surface area (Å²) in [4.78, 5) is 12.7. The normalized spacial score (nSPS) is 10.9. The highest BCUT2D eigenvalue weighted by Crippen LogP contribution is 2.19. The third-order valence-electron chi connectivity index (χ3n) is 4.85. The molecule has 0 saturated heterocycles. The third-order valence-corrected chi connectivity index (χ3v) is 4.85. The van der Waals surface area contributed by atoms with E-state index in [9.17, 15) is 4.79 Å². The van der Waals surface area contributed by atoms with Gasteiger partial charge in [0.15, 0.2) is 6.61 Å². The van der Waals surface area contributed by atoms with Crippen LogP contribution in [0.1, 0.15) is 38.8 Å². The molecule has 0 aliphatic heterocycles. The summed E-state index contributed by atoms with van der Waals surface area (Å²) in [5.74, 6) is 0.170. The Labute approximate surface area is 174 Å². The van der Waals surface area contributed by atoms with E-state index in [1.807, 2.05) is 48.9 Å². The van der Waals surface area contributed by atoms with Gasteiger partial charge >= 0.3 is 5.97 Å². The van der Waals surface area contributed by atoms with Gasteiger partial charge < -0.3 is 9.15 Å². The number of hydrogen-bond donors (Lipinski definition) is 0. The number of esters is 1. The fourth-order valence-electron chi connectivity index (χ4n) is 3.22. The van der Waals surface area contributed by atoms with Crippen molar-refractivity contribution < 1.29 is 13.9 Å². The molecule has 2 aromatic carbocycles. The molecule has 0 aliphatic carbocycles. The number of ether oxygens (including phenoxy) is 1. The topological polar surface area (TPSA) is 83.0 Å². The molecular weight excluding hydrogens is 380 g/mol. The molecular formula is C23H22N4O3. The van der Waals surface area contributed by atoms with E-state index in [1.54, 1.807) is 6.92 Å². The summed E-state index contributed by atoms with van der Waals surface area (Å²) in [6.45, 7) is 6.21. The van der Waals surface area contributed by atoms with Crippen LogP contribution in [0.4, 0.5) is 0 Å². The summed E-state index contributed by atoms with van der Waals surface area (Å²) in [5, 5.41) is 12.5. The maximum atomic E-state index is 12.7. The molecule has 2 aromatic heterocycles. The lowest BCUT2D eigenvalue weighted by molar-refractivity contribution is 0.0437. The molecule has 7 nitrogen and oxygen atoms in total. The average Bonchev–Trinajstić information content (AvgIpc) is 3.33. The molecule has 0 aliphatic rings. The first-order chi connectivity index (χ1) is 14.5. The van der Waals surface area contributed by atoms with Gasteiger partial charge in [-0.2, -0.15) is 5.10 Å². The van der Waals surface area contributed by atoms with Gasteiger partial charge in [0.05, 0.1) is 17.9 Å². The molecule has 0 unspecified atom stereocenters. The van der Waals surface area contributed by atoms with Crippen molar-refractivity contribution in [2.24, 2.45) is 0 Å². The Hall–Kier alpha value is -3.74. The Morgan fingerprint density at radius 2 is 1.73 bits per heavy atom. The quantitative estimate of drug-likeness (QED) is 0.448. The van der Waals surface area contributed by atoms with E-state index in [2.05, 4.69) is 39.6 Å². The second-order valence-corrected chi connectivity index (χ2v) is 7.13. The lowest BCUT2D eigenvalue weighted by Crippen LogP contribution is -2.09. The Kier molecular flexibility index (Phi) is 5.43. The Morgan fingerprint density at radius 3 is 2.47 bits per heavy atom. The Morgan fingerprint density at radius 1 is 1.00 bits per heavy atom. The van der Waals surface area contributed by atoms with Crippen LogP contribution in [0.3, 0.4) is 0 Å². The first-order valence-corrected chi connectivity index (χ1v) is 9.65. The first-order valence-electron chi connectivity index (χ1n) is 9.65. The largest absolute Gasteiger partial charge is 0.452 e. The minimum absolute atomic E-state index is 0.0965. The number of aromatic nitrogens is 4. The van der Waals surface area contributed by atoms with Crippen LogP contribution in [-0.4, -0.2) is 25.9 Å². The zero-order valence-corrected chi connectivity index (χ0v) is 17.1. The van der Waals surface area contributed by atoms with E-state index < -0.39 is 5.97 Å². The van der Waals surface area contributed by atoms with Crippen LogP contribution in [0.2, 0.25) is 0 Å². The van der Waals surface area contributed by atoms with Gasteiger partial charge in [0, 0.05) is 5.56 Å². The molecule has 2 heterocycles. The van der Waals surface area contributed by atoms with Gasteiger partial charge in [0.2, 0.25) is 5.89 Å². The van der Waals surface area contributed by atoms with Gasteiger partial charge in [-0.25, -0.2) is 4.79 Å². The van der Waals surface area contributed by atoms with E-state index in [4.69, 9.17) is 9.15 Å². The van der Waals surface area contributed by atoms with Crippen molar-refractivity contribution in [3.8, 4) is 11.5 Å². The summed E-state index contributed by atoms with van der Waals surface area (Å²) >= 11 is 0. The third kappa shape index (κ3) is 4.15. The first kappa shape index (κ1) is 19.6. The molecule has 0 bridgehead atoms. The summed E-state index contributed by atoms with van der Waals surface area (Å²) < 4.78 is 12.8. The monoisotopic (exact) mass is 402 g/mol. The van der Waals surface area contributed by atoms with Crippen LogP contribution in [0.15, 0.2) is 59.0 Å². The molecule has 0 spiro atoms. The molecule has 0 saturated carbocycles. The zero-order chi connectivity index (χ0) is 21.1. The zero-order valence-electron chi connectivity index (χ0n) is 17.1. The standard InChI is InChI=1S/C23H22N4O3/c1-15-9-11-18(12-10-15)13-27-17(3)21(16(2)26-27)23(28)29-14-20-24-25-22(30-20)19-7-5-4-6-8-19/h4-12H,13-14H2,1-3H3. The fraction of sp³-hybridized carbons (Fsp3) is 0.217. The van der Waals surface area contributed by atoms with E-state index >= 15 is 0 Å². The molecule has 0 fully saturated rings.